The SMILES string of the molecule is NNC(c1ccc2c(c1)OCCO2)C1CCCCCCC1. The highest BCUT2D eigenvalue weighted by Gasteiger charge is 2.24. The van der Waals surface area contributed by atoms with Crippen LogP contribution in [0.4, 0.5) is 0 Å². The molecule has 0 bridgehead atoms. The van der Waals surface area contributed by atoms with Crippen molar-refractivity contribution in [2.45, 2.75) is 51.0 Å². The molecule has 1 aromatic carbocycles. The minimum absolute atomic E-state index is 0.207. The van der Waals surface area contributed by atoms with E-state index in [4.69, 9.17) is 15.3 Å². The highest BCUT2D eigenvalue weighted by atomic mass is 16.6. The summed E-state index contributed by atoms with van der Waals surface area (Å²) in [6.45, 7) is 1.26. The molecule has 3 N–H and O–H groups in total. The lowest BCUT2D eigenvalue weighted by Gasteiger charge is -2.29. The van der Waals surface area contributed by atoms with Crippen LogP contribution in [0.1, 0.15) is 56.6 Å². The molecular formula is C17H26N2O2. The Kier molecular flexibility index (Phi) is 4.99. The molecule has 1 aromatic rings. The van der Waals surface area contributed by atoms with Gasteiger partial charge in [-0.15, -0.1) is 0 Å². The van der Waals surface area contributed by atoms with Gasteiger partial charge in [0.05, 0.1) is 0 Å². The molecule has 1 saturated carbocycles. The third kappa shape index (κ3) is 3.50. The maximum Gasteiger partial charge on any atom is 0.161 e. The topological polar surface area (TPSA) is 56.5 Å². The molecule has 0 saturated heterocycles. The minimum Gasteiger partial charge on any atom is -0.486 e. The van der Waals surface area contributed by atoms with Gasteiger partial charge in [0.1, 0.15) is 13.2 Å². The number of nitrogens with two attached hydrogens (primary N) is 1. The lowest BCUT2D eigenvalue weighted by molar-refractivity contribution is 0.171. The fourth-order valence-electron chi connectivity index (χ4n) is 3.58. The number of ether oxygens (including phenoxy) is 2. The van der Waals surface area contributed by atoms with E-state index in [1.54, 1.807) is 0 Å². The van der Waals surface area contributed by atoms with Gasteiger partial charge in [-0.1, -0.05) is 38.2 Å². The van der Waals surface area contributed by atoms with E-state index < -0.39 is 0 Å². The van der Waals surface area contributed by atoms with Crippen molar-refractivity contribution in [1.29, 1.82) is 0 Å². The largest absolute Gasteiger partial charge is 0.486 e. The van der Waals surface area contributed by atoms with Gasteiger partial charge >= 0.3 is 0 Å². The van der Waals surface area contributed by atoms with Gasteiger partial charge < -0.3 is 9.47 Å². The van der Waals surface area contributed by atoms with Gasteiger partial charge in [0.15, 0.2) is 11.5 Å². The second-order valence-electron chi connectivity index (χ2n) is 6.15. The zero-order valence-electron chi connectivity index (χ0n) is 12.6. The van der Waals surface area contributed by atoms with Crippen molar-refractivity contribution in [2.24, 2.45) is 11.8 Å². The van der Waals surface area contributed by atoms with E-state index in [2.05, 4.69) is 17.6 Å². The molecule has 1 atom stereocenters. The number of benzene rings is 1. The van der Waals surface area contributed by atoms with Gasteiger partial charge in [-0.25, -0.2) is 0 Å². The monoisotopic (exact) mass is 290 g/mol. The molecule has 4 nitrogen and oxygen atoms in total. The fraction of sp³-hybridized carbons (Fsp3) is 0.647. The molecule has 21 heavy (non-hydrogen) atoms. The van der Waals surface area contributed by atoms with Gasteiger partial charge in [0.25, 0.3) is 0 Å². The van der Waals surface area contributed by atoms with E-state index in [0.717, 1.165) is 11.5 Å². The van der Waals surface area contributed by atoms with Crippen LogP contribution in [0.2, 0.25) is 0 Å². The molecule has 116 valence electrons. The standard InChI is InChI=1S/C17H26N2O2/c18-19-17(13-6-4-2-1-3-5-7-13)14-8-9-15-16(12-14)21-11-10-20-15/h8-9,12-13,17,19H,1-7,10-11,18H2. The van der Waals surface area contributed by atoms with Gasteiger partial charge in [-0.2, -0.15) is 0 Å². The van der Waals surface area contributed by atoms with Crippen molar-refractivity contribution in [3.05, 3.63) is 23.8 Å². The Morgan fingerprint density at radius 2 is 1.62 bits per heavy atom. The first-order valence-electron chi connectivity index (χ1n) is 8.24. The average molecular weight is 290 g/mol. The van der Waals surface area contributed by atoms with E-state index in [9.17, 15) is 0 Å². The van der Waals surface area contributed by atoms with Gasteiger partial charge in [-0.05, 0) is 36.5 Å². The van der Waals surface area contributed by atoms with E-state index in [1.165, 1.54) is 50.5 Å². The van der Waals surface area contributed by atoms with Crippen LogP contribution in [0.15, 0.2) is 18.2 Å². The summed E-state index contributed by atoms with van der Waals surface area (Å²) in [7, 11) is 0. The lowest BCUT2D eigenvalue weighted by atomic mass is 9.83. The Labute approximate surface area is 127 Å². The van der Waals surface area contributed by atoms with Gasteiger partial charge in [0.2, 0.25) is 0 Å². The smallest absolute Gasteiger partial charge is 0.161 e. The quantitative estimate of drug-likeness (QED) is 0.662. The third-order valence-electron chi connectivity index (χ3n) is 4.73. The molecule has 1 aliphatic carbocycles. The van der Waals surface area contributed by atoms with Crippen LogP contribution in [0.5, 0.6) is 11.5 Å². The van der Waals surface area contributed by atoms with Crippen molar-refractivity contribution in [2.75, 3.05) is 13.2 Å². The molecule has 1 aliphatic heterocycles. The number of hydrazine groups is 1. The zero-order chi connectivity index (χ0) is 14.5. The van der Waals surface area contributed by atoms with Crippen LogP contribution < -0.4 is 20.7 Å². The number of hydrogen-bond acceptors (Lipinski definition) is 4. The van der Waals surface area contributed by atoms with Crippen LogP contribution in [0.25, 0.3) is 0 Å². The number of nitrogens with one attached hydrogen (secondary N) is 1. The highest BCUT2D eigenvalue weighted by Crippen LogP contribution is 2.37. The molecule has 0 spiro atoms. The van der Waals surface area contributed by atoms with Crippen molar-refractivity contribution in [3.63, 3.8) is 0 Å². The Bertz CT molecular complexity index is 456. The van der Waals surface area contributed by atoms with Crippen LogP contribution in [0.3, 0.4) is 0 Å². The summed E-state index contributed by atoms with van der Waals surface area (Å²) in [6.07, 6.45) is 9.23. The zero-order valence-corrected chi connectivity index (χ0v) is 12.6. The average Bonchev–Trinajstić information content (AvgIpc) is 2.49. The summed E-state index contributed by atoms with van der Waals surface area (Å²) in [4.78, 5) is 0. The van der Waals surface area contributed by atoms with Crippen molar-refractivity contribution in [1.82, 2.24) is 5.43 Å². The second-order valence-corrected chi connectivity index (χ2v) is 6.15. The first kappa shape index (κ1) is 14.7. The molecular weight excluding hydrogens is 264 g/mol. The van der Waals surface area contributed by atoms with Crippen LogP contribution in [0, 0.1) is 5.92 Å². The van der Waals surface area contributed by atoms with Crippen LogP contribution in [-0.4, -0.2) is 13.2 Å². The highest BCUT2D eigenvalue weighted by molar-refractivity contribution is 5.44. The predicted molar refractivity (Wildman–Crippen MR) is 83.3 cm³/mol. The Morgan fingerprint density at radius 3 is 2.33 bits per heavy atom. The minimum atomic E-state index is 0.207. The van der Waals surface area contributed by atoms with E-state index in [1.807, 2.05) is 6.07 Å². The van der Waals surface area contributed by atoms with Gasteiger partial charge in [-0.3, -0.25) is 11.3 Å². The summed E-state index contributed by atoms with van der Waals surface area (Å²) >= 11 is 0. The lowest BCUT2D eigenvalue weighted by Crippen LogP contribution is -2.34. The normalized spacial score (nSPS) is 21.4. The first-order valence-corrected chi connectivity index (χ1v) is 8.24. The van der Waals surface area contributed by atoms with E-state index in [0.29, 0.717) is 19.1 Å². The summed E-state index contributed by atoms with van der Waals surface area (Å²) in [5, 5.41) is 0. The summed E-state index contributed by atoms with van der Waals surface area (Å²) in [5.74, 6) is 8.19. The Hall–Kier alpha value is -1.26. The third-order valence-corrected chi connectivity index (χ3v) is 4.73. The Morgan fingerprint density at radius 1 is 0.952 bits per heavy atom. The van der Waals surface area contributed by atoms with Crippen molar-refractivity contribution >= 4 is 0 Å². The van der Waals surface area contributed by atoms with E-state index in [-0.39, 0.29) is 6.04 Å². The summed E-state index contributed by atoms with van der Waals surface area (Å²) in [5.41, 5.74) is 4.26. The van der Waals surface area contributed by atoms with E-state index >= 15 is 0 Å². The molecule has 3 rings (SSSR count). The van der Waals surface area contributed by atoms with Crippen LogP contribution >= 0.6 is 0 Å². The second kappa shape index (κ2) is 7.14. The number of rotatable bonds is 3. The molecule has 0 radical (unpaired) electrons. The molecule has 1 heterocycles. The van der Waals surface area contributed by atoms with Crippen LogP contribution in [-0.2, 0) is 0 Å². The molecule has 0 amide bonds. The van der Waals surface area contributed by atoms with Crippen molar-refractivity contribution < 1.29 is 9.47 Å². The predicted octanol–water partition coefficient (Wildman–Crippen LogP) is 3.32. The fourth-order valence-corrected chi connectivity index (χ4v) is 3.58. The molecule has 2 aliphatic rings. The molecule has 1 unspecified atom stereocenters. The summed E-state index contributed by atoms with van der Waals surface area (Å²) in [6, 6.07) is 6.44. The molecule has 1 fully saturated rings. The molecule has 0 aromatic heterocycles. The number of fused-ring (bicyclic) bond motifs is 1. The van der Waals surface area contributed by atoms with Gasteiger partial charge in [0, 0.05) is 6.04 Å². The number of hydrogen-bond donors (Lipinski definition) is 2. The Balaban J connectivity index is 1.78. The summed E-state index contributed by atoms with van der Waals surface area (Å²) < 4.78 is 11.3. The maximum absolute atomic E-state index is 5.88. The molecule has 4 heteroatoms. The first-order chi connectivity index (χ1) is 10.4. The van der Waals surface area contributed by atoms with Crippen molar-refractivity contribution in [3.8, 4) is 11.5 Å². The maximum atomic E-state index is 5.88.